The fourth-order valence-electron chi connectivity index (χ4n) is 1.19. The van der Waals surface area contributed by atoms with E-state index in [1.54, 1.807) is 6.26 Å². The fourth-order valence-corrected chi connectivity index (χ4v) is 1.19. The van der Waals surface area contributed by atoms with Gasteiger partial charge in [0.2, 0.25) is 0 Å². The minimum Gasteiger partial charge on any atom is -0.479 e. The molecule has 2 aliphatic rings. The highest BCUT2D eigenvalue weighted by Crippen LogP contribution is 2.03. The number of allylic oxidation sites excluding steroid dienone is 2. The number of morpholine rings is 1. The molecule has 0 aliphatic carbocycles. The molecule has 2 rings (SSSR count). The maximum Gasteiger partial charge on any atom is 0.170 e. The van der Waals surface area contributed by atoms with Crippen LogP contribution < -0.4 is 11.1 Å². The van der Waals surface area contributed by atoms with E-state index in [0.29, 0.717) is 6.04 Å². The molecular formula is C14H29N3O2. The zero-order chi connectivity index (χ0) is 14.5. The number of nitrogens with zero attached hydrogens (tertiary/aromatic N) is 1. The molecule has 0 radical (unpaired) electrons. The molecule has 0 bridgehead atoms. The Kier molecular flexibility index (Phi) is 11.6. The van der Waals surface area contributed by atoms with Crippen molar-refractivity contribution in [1.29, 1.82) is 0 Å². The molecule has 0 aromatic heterocycles. The lowest BCUT2D eigenvalue weighted by atomic mass is 10.4. The summed E-state index contributed by atoms with van der Waals surface area (Å²) in [5.74, 6) is 0. The molecule has 1 unspecified atom stereocenters. The van der Waals surface area contributed by atoms with E-state index in [-0.39, 0.29) is 6.23 Å². The van der Waals surface area contributed by atoms with Crippen molar-refractivity contribution in [2.24, 2.45) is 5.73 Å². The van der Waals surface area contributed by atoms with E-state index >= 15 is 0 Å². The molecule has 5 nitrogen and oxygen atoms in total. The second kappa shape index (κ2) is 12.2. The monoisotopic (exact) mass is 271 g/mol. The van der Waals surface area contributed by atoms with E-state index in [9.17, 15) is 0 Å². The highest BCUT2D eigenvalue weighted by atomic mass is 16.5. The van der Waals surface area contributed by atoms with Gasteiger partial charge >= 0.3 is 0 Å². The van der Waals surface area contributed by atoms with Crippen LogP contribution in [0.2, 0.25) is 0 Å². The normalized spacial score (nSPS) is 21.1. The average molecular weight is 271 g/mol. The summed E-state index contributed by atoms with van der Waals surface area (Å²) in [6.07, 6.45) is 7.67. The third-order valence-corrected chi connectivity index (χ3v) is 2.04. The number of rotatable bonds is 1. The third-order valence-electron chi connectivity index (χ3n) is 2.04. The second-order valence-electron chi connectivity index (χ2n) is 4.81. The van der Waals surface area contributed by atoms with Crippen molar-refractivity contribution >= 4 is 0 Å². The minimum absolute atomic E-state index is 0.120. The van der Waals surface area contributed by atoms with Gasteiger partial charge in [0.05, 0.1) is 19.5 Å². The summed E-state index contributed by atoms with van der Waals surface area (Å²) in [6.45, 7) is 7.72. The van der Waals surface area contributed by atoms with E-state index in [0.717, 1.165) is 26.3 Å². The van der Waals surface area contributed by atoms with Crippen molar-refractivity contribution in [2.75, 3.05) is 40.4 Å². The van der Waals surface area contributed by atoms with Gasteiger partial charge in [0.25, 0.3) is 0 Å². The maximum atomic E-state index is 5.20. The zero-order valence-electron chi connectivity index (χ0n) is 12.6. The topological polar surface area (TPSA) is 59.8 Å². The lowest BCUT2D eigenvalue weighted by molar-refractivity contribution is 0.0619. The average Bonchev–Trinajstić information content (AvgIpc) is 2.42. The summed E-state index contributed by atoms with van der Waals surface area (Å²) in [7, 11) is 3.96. The predicted octanol–water partition coefficient (Wildman–Crippen LogP) is 0.934. The van der Waals surface area contributed by atoms with Gasteiger partial charge in [0.1, 0.15) is 0 Å². The third kappa shape index (κ3) is 13.4. The van der Waals surface area contributed by atoms with Crippen LogP contribution in [0.4, 0.5) is 0 Å². The molecule has 0 amide bonds. The highest BCUT2D eigenvalue weighted by Gasteiger charge is 2.06. The van der Waals surface area contributed by atoms with E-state index in [1.165, 1.54) is 0 Å². The predicted molar refractivity (Wildman–Crippen MR) is 79.9 cm³/mol. The highest BCUT2D eigenvalue weighted by molar-refractivity contribution is 5.06. The van der Waals surface area contributed by atoms with Gasteiger partial charge in [-0.1, -0.05) is 19.9 Å². The summed E-state index contributed by atoms with van der Waals surface area (Å²) in [6, 6.07) is 0.333. The van der Waals surface area contributed by atoms with E-state index in [2.05, 4.69) is 5.32 Å². The molecule has 2 aliphatic heterocycles. The molecule has 1 fully saturated rings. The lowest BCUT2D eigenvalue weighted by Crippen LogP contribution is -2.30. The van der Waals surface area contributed by atoms with Crippen LogP contribution in [0.1, 0.15) is 13.8 Å². The number of hydrogen-bond donors (Lipinski definition) is 2. The van der Waals surface area contributed by atoms with Gasteiger partial charge in [0, 0.05) is 13.1 Å². The van der Waals surface area contributed by atoms with Crippen LogP contribution in [0, 0.1) is 0 Å². The zero-order valence-corrected chi connectivity index (χ0v) is 12.6. The quantitative estimate of drug-likeness (QED) is 0.743. The van der Waals surface area contributed by atoms with Crippen LogP contribution in [0.25, 0.3) is 0 Å². The van der Waals surface area contributed by atoms with Crippen molar-refractivity contribution in [3.8, 4) is 0 Å². The first kappa shape index (κ1) is 18.1. The Balaban J connectivity index is 0.000000281. The Hall–Kier alpha value is -0.880. The molecule has 0 spiro atoms. The van der Waals surface area contributed by atoms with Gasteiger partial charge in [-0.15, -0.1) is 0 Å². The first-order valence-corrected chi connectivity index (χ1v) is 6.73. The van der Waals surface area contributed by atoms with Gasteiger partial charge in [-0.3, -0.25) is 4.90 Å². The maximum absolute atomic E-state index is 5.20. The first-order chi connectivity index (χ1) is 9.04. The largest absolute Gasteiger partial charge is 0.479 e. The number of hydrogen-bond acceptors (Lipinski definition) is 5. The fraction of sp³-hybridized carbons (Fsp3) is 0.714. The summed E-state index contributed by atoms with van der Waals surface area (Å²) in [5, 5.41) is 3.16. The molecule has 19 heavy (non-hydrogen) atoms. The SMILES string of the molecule is C1COCCN1.CC(C)N.CN(C)C1C=CC=CO1. The Morgan fingerprint density at radius 2 is 1.79 bits per heavy atom. The standard InChI is InChI=1S/C7H11NO.C4H9NO.C3H9N/c1-8(2)7-5-3-4-6-9-7;1-3-6-4-2-5-1;1-3(2)4/h3-7H,1-2H3;5H,1-4H2;3H,4H2,1-2H3. The molecule has 5 heteroatoms. The molecule has 0 aromatic rings. The van der Waals surface area contributed by atoms with Gasteiger partial charge in [-0.2, -0.15) is 0 Å². The van der Waals surface area contributed by atoms with Gasteiger partial charge in [-0.25, -0.2) is 0 Å². The molecule has 3 N–H and O–H groups in total. The number of ether oxygens (including phenoxy) is 2. The number of nitrogens with two attached hydrogens (primary N) is 1. The molecular weight excluding hydrogens is 242 g/mol. The second-order valence-corrected chi connectivity index (χ2v) is 4.81. The van der Waals surface area contributed by atoms with Crippen LogP contribution in [0.15, 0.2) is 24.5 Å². The molecule has 112 valence electrons. The molecule has 1 atom stereocenters. The number of likely N-dealkylation sites (N-methyl/N-ethyl adjacent to an activating group) is 1. The van der Waals surface area contributed by atoms with Gasteiger partial charge in [0.15, 0.2) is 6.23 Å². The van der Waals surface area contributed by atoms with Gasteiger partial charge in [-0.05, 0) is 32.3 Å². The minimum atomic E-state index is 0.120. The Morgan fingerprint density at radius 1 is 1.21 bits per heavy atom. The summed E-state index contributed by atoms with van der Waals surface area (Å²) < 4.78 is 10.2. The Morgan fingerprint density at radius 3 is 2.00 bits per heavy atom. The molecule has 1 saturated heterocycles. The van der Waals surface area contributed by atoms with E-state index < -0.39 is 0 Å². The van der Waals surface area contributed by atoms with Crippen molar-refractivity contribution in [3.63, 3.8) is 0 Å². The van der Waals surface area contributed by atoms with E-state index in [4.69, 9.17) is 15.2 Å². The number of nitrogens with one attached hydrogen (secondary N) is 1. The summed E-state index contributed by atoms with van der Waals surface area (Å²) in [4.78, 5) is 2.00. The van der Waals surface area contributed by atoms with Crippen molar-refractivity contribution in [1.82, 2.24) is 10.2 Å². The summed E-state index contributed by atoms with van der Waals surface area (Å²) in [5.41, 5.74) is 5.11. The summed E-state index contributed by atoms with van der Waals surface area (Å²) >= 11 is 0. The van der Waals surface area contributed by atoms with E-state index in [1.807, 2.05) is 51.1 Å². The smallest absolute Gasteiger partial charge is 0.170 e. The van der Waals surface area contributed by atoms with Crippen LogP contribution >= 0.6 is 0 Å². The van der Waals surface area contributed by atoms with Crippen LogP contribution in [0.5, 0.6) is 0 Å². The molecule has 0 saturated carbocycles. The van der Waals surface area contributed by atoms with Gasteiger partial charge < -0.3 is 20.5 Å². The van der Waals surface area contributed by atoms with Crippen molar-refractivity contribution < 1.29 is 9.47 Å². The Labute approximate surface area is 117 Å². The van der Waals surface area contributed by atoms with Crippen LogP contribution in [-0.2, 0) is 9.47 Å². The first-order valence-electron chi connectivity index (χ1n) is 6.73. The molecule has 0 aromatic carbocycles. The van der Waals surface area contributed by atoms with Crippen LogP contribution in [0.3, 0.4) is 0 Å². The lowest BCUT2D eigenvalue weighted by Gasteiger charge is -2.21. The van der Waals surface area contributed by atoms with Crippen LogP contribution in [-0.4, -0.2) is 57.6 Å². The molecule has 2 heterocycles. The van der Waals surface area contributed by atoms with Crippen molar-refractivity contribution in [2.45, 2.75) is 26.1 Å². The Bertz CT molecular complexity index is 235. The van der Waals surface area contributed by atoms with Crippen molar-refractivity contribution in [3.05, 3.63) is 24.5 Å².